The van der Waals surface area contributed by atoms with E-state index in [2.05, 4.69) is 10.1 Å². The number of esters is 1. The van der Waals surface area contributed by atoms with E-state index in [1.807, 2.05) is 6.92 Å². The summed E-state index contributed by atoms with van der Waals surface area (Å²) in [7, 11) is 0.415. The number of halogens is 1. The third kappa shape index (κ3) is 5.08. The van der Waals surface area contributed by atoms with Crippen LogP contribution in [0.1, 0.15) is 22.8 Å². The topological polar surface area (TPSA) is 55.4 Å². The summed E-state index contributed by atoms with van der Waals surface area (Å²) in [5.41, 5.74) is 0.658. The molecule has 0 amide bonds. The fourth-order valence-corrected chi connectivity index (χ4v) is 2.17. The van der Waals surface area contributed by atoms with Crippen molar-refractivity contribution in [1.82, 2.24) is 5.32 Å². The molecule has 0 aromatic heterocycles. The van der Waals surface area contributed by atoms with E-state index in [-0.39, 0.29) is 5.56 Å². The van der Waals surface area contributed by atoms with Crippen LogP contribution in [-0.4, -0.2) is 35.3 Å². The number of methoxy groups -OCH3 is 1. The van der Waals surface area contributed by atoms with Crippen molar-refractivity contribution in [3.05, 3.63) is 35.1 Å². The third-order valence-corrected chi connectivity index (χ3v) is 3.90. The van der Waals surface area contributed by atoms with Gasteiger partial charge in [0, 0.05) is 35.4 Å². The van der Waals surface area contributed by atoms with Crippen LogP contribution >= 0.6 is 0 Å². The maximum atomic E-state index is 13.6. The number of rotatable bonds is 7. The van der Waals surface area contributed by atoms with Gasteiger partial charge in [-0.05, 0) is 17.7 Å². The van der Waals surface area contributed by atoms with Gasteiger partial charge in [-0.15, -0.1) is 0 Å². The summed E-state index contributed by atoms with van der Waals surface area (Å²) < 4.78 is 29.3. The average Bonchev–Trinajstić information content (AvgIpc) is 2.42. The highest BCUT2D eigenvalue weighted by Crippen LogP contribution is 2.11. The summed E-state index contributed by atoms with van der Waals surface area (Å²) in [5, 5.41) is 3.08. The molecule has 0 aliphatic heterocycles. The molecule has 0 saturated carbocycles. The van der Waals surface area contributed by atoms with E-state index in [4.69, 9.17) is 0 Å². The SMILES string of the molecule is CCS(=O)CCNCc1ccc(C(=O)OC)c(F)c1. The molecule has 0 aliphatic carbocycles. The van der Waals surface area contributed by atoms with Crippen molar-refractivity contribution in [2.75, 3.05) is 25.2 Å². The van der Waals surface area contributed by atoms with Crippen LogP contribution in [0.3, 0.4) is 0 Å². The van der Waals surface area contributed by atoms with Crippen LogP contribution in [0.4, 0.5) is 4.39 Å². The van der Waals surface area contributed by atoms with E-state index in [1.54, 1.807) is 6.07 Å². The summed E-state index contributed by atoms with van der Waals surface area (Å²) in [6.07, 6.45) is 0. The van der Waals surface area contributed by atoms with Crippen LogP contribution in [0.15, 0.2) is 18.2 Å². The Labute approximate surface area is 114 Å². The van der Waals surface area contributed by atoms with Crippen molar-refractivity contribution < 1.29 is 18.1 Å². The number of hydrogen-bond donors (Lipinski definition) is 1. The molecule has 19 heavy (non-hydrogen) atoms. The molecule has 0 spiro atoms. The molecule has 0 aliphatic rings. The summed E-state index contributed by atoms with van der Waals surface area (Å²) in [5.74, 6) is -0.0535. The van der Waals surface area contributed by atoms with Crippen molar-refractivity contribution in [2.45, 2.75) is 13.5 Å². The monoisotopic (exact) mass is 287 g/mol. The number of carbonyl (C=O) groups is 1. The molecule has 106 valence electrons. The van der Waals surface area contributed by atoms with Gasteiger partial charge in [0.05, 0.1) is 12.7 Å². The zero-order valence-corrected chi connectivity index (χ0v) is 11.9. The first-order chi connectivity index (χ1) is 9.08. The first-order valence-corrected chi connectivity index (χ1v) is 7.49. The quantitative estimate of drug-likeness (QED) is 0.609. The molecule has 1 N–H and O–H groups in total. The van der Waals surface area contributed by atoms with Crippen LogP contribution in [0.5, 0.6) is 0 Å². The highest BCUT2D eigenvalue weighted by molar-refractivity contribution is 7.84. The first kappa shape index (κ1) is 15.8. The van der Waals surface area contributed by atoms with Crippen LogP contribution in [0.2, 0.25) is 0 Å². The van der Waals surface area contributed by atoms with Crippen LogP contribution in [0.25, 0.3) is 0 Å². The summed E-state index contributed by atoms with van der Waals surface area (Å²) in [6, 6.07) is 4.37. The second-order valence-corrected chi connectivity index (χ2v) is 5.78. The highest BCUT2D eigenvalue weighted by atomic mass is 32.2. The summed E-state index contributed by atoms with van der Waals surface area (Å²) in [4.78, 5) is 11.2. The Hall–Kier alpha value is -1.27. The molecule has 0 saturated heterocycles. The number of benzene rings is 1. The lowest BCUT2D eigenvalue weighted by molar-refractivity contribution is 0.0595. The summed E-state index contributed by atoms with van der Waals surface area (Å²) >= 11 is 0. The van der Waals surface area contributed by atoms with Crippen molar-refractivity contribution in [1.29, 1.82) is 0 Å². The minimum atomic E-state index is -0.798. The first-order valence-electron chi connectivity index (χ1n) is 6.01. The molecule has 1 atom stereocenters. The van der Waals surface area contributed by atoms with E-state index in [0.29, 0.717) is 24.6 Å². The Morgan fingerprint density at radius 1 is 1.47 bits per heavy atom. The van der Waals surface area contributed by atoms with Gasteiger partial charge in [-0.25, -0.2) is 9.18 Å². The Morgan fingerprint density at radius 2 is 2.21 bits per heavy atom. The normalized spacial score (nSPS) is 12.2. The van der Waals surface area contributed by atoms with E-state index in [0.717, 1.165) is 5.56 Å². The van der Waals surface area contributed by atoms with Gasteiger partial charge >= 0.3 is 5.97 Å². The van der Waals surface area contributed by atoms with Crippen molar-refractivity contribution in [3.8, 4) is 0 Å². The predicted molar refractivity (Wildman–Crippen MR) is 73.0 cm³/mol. The molecule has 1 aromatic carbocycles. The van der Waals surface area contributed by atoms with Crippen LogP contribution < -0.4 is 5.32 Å². The van der Waals surface area contributed by atoms with Crippen molar-refractivity contribution >= 4 is 16.8 Å². The van der Waals surface area contributed by atoms with Gasteiger partial charge in [-0.2, -0.15) is 0 Å². The zero-order chi connectivity index (χ0) is 14.3. The second kappa shape index (κ2) is 8.01. The van der Waals surface area contributed by atoms with E-state index in [9.17, 15) is 13.4 Å². The van der Waals surface area contributed by atoms with E-state index >= 15 is 0 Å². The zero-order valence-electron chi connectivity index (χ0n) is 11.1. The predicted octanol–water partition coefficient (Wildman–Crippen LogP) is 1.47. The lowest BCUT2D eigenvalue weighted by Gasteiger charge is -2.06. The van der Waals surface area contributed by atoms with E-state index < -0.39 is 22.6 Å². The largest absolute Gasteiger partial charge is 0.465 e. The Balaban J connectivity index is 2.50. The molecule has 1 unspecified atom stereocenters. The maximum absolute atomic E-state index is 13.6. The number of ether oxygens (including phenoxy) is 1. The Bertz CT molecular complexity index is 465. The van der Waals surface area contributed by atoms with Gasteiger partial charge in [0.2, 0.25) is 0 Å². The highest BCUT2D eigenvalue weighted by Gasteiger charge is 2.11. The molecular weight excluding hydrogens is 269 g/mol. The second-order valence-electron chi connectivity index (χ2n) is 3.92. The van der Waals surface area contributed by atoms with Gasteiger partial charge in [-0.3, -0.25) is 4.21 Å². The minimum absolute atomic E-state index is 0.0710. The molecule has 0 bridgehead atoms. The Morgan fingerprint density at radius 3 is 2.79 bits per heavy atom. The maximum Gasteiger partial charge on any atom is 0.340 e. The molecule has 0 fully saturated rings. The number of nitrogens with one attached hydrogen (secondary N) is 1. The molecule has 1 rings (SSSR count). The summed E-state index contributed by atoms with van der Waals surface area (Å²) in [6.45, 7) is 2.96. The molecule has 0 heterocycles. The molecule has 1 aromatic rings. The smallest absolute Gasteiger partial charge is 0.340 e. The van der Waals surface area contributed by atoms with Gasteiger partial charge in [0.25, 0.3) is 0 Å². The number of hydrogen-bond acceptors (Lipinski definition) is 4. The minimum Gasteiger partial charge on any atom is -0.465 e. The van der Waals surface area contributed by atoms with Crippen LogP contribution in [-0.2, 0) is 22.1 Å². The van der Waals surface area contributed by atoms with Crippen molar-refractivity contribution in [3.63, 3.8) is 0 Å². The molecule has 4 nitrogen and oxygen atoms in total. The Kier molecular flexibility index (Phi) is 6.66. The van der Waals surface area contributed by atoms with Gasteiger partial charge < -0.3 is 10.1 Å². The van der Waals surface area contributed by atoms with Gasteiger partial charge in [0.1, 0.15) is 5.82 Å². The lowest BCUT2D eigenvalue weighted by atomic mass is 10.1. The molecule has 6 heteroatoms. The van der Waals surface area contributed by atoms with Gasteiger partial charge in [0.15, 0.2) is 0 Å². The lowest BCUT2D eigenvalue weighted by Crippen LogP contribution is -2.20. The fourth-order valence-electron chi connectivity index (χ4n) is 1.51. The third-order valence-electron chi connectivity index (χ3n) is 2.60. The van der Waals surface area contributed by atoms with Crippen molar-refractivity contribution in [2.24, 2.45) is 0 Å². The standard InChI is InChI=1S/C13H18FNO3S/c1-3-19(17)7-6-15-9-10-4-5-11(12(14)8-10)13(16)18-2/h4-5,8,15H,3,6-7,9H2,1-2H3. The molecule has 0 radical (unpaired) electrons. The average molecular weight is 287 g/mol. The van der Waals surface area contributed by atoms with Gasteiger partial charge in [-0.1, -0.05) is 13.0 Å². The number of carbonyl (C=O) groups excluding carboxylic acids is 1. The fraction of sp³-hybridized carbons (Fsp3) is 0.462. The molecular formula is C13H18FNO3S. The van der Waals surface area contributed by atoms with Crippen LogP contribution in [0, 0.1) is 5.82 Å². The van der Waals surface area contributed by atoms with E-state index in [1.165, 1.54) is 19.2 Å².